The molecular formula is C13H8Br2F2N2O2. The number of hydrogen-bond acceptors (Lipinski definition) is 3. The van der Waals surface area contributed by atoms with E-state index in [0.717, 1.165) is 6.07 Å². The second kappa shape index (κ2) is 6.40. The smallest absolute Gasteiger partial charge is 0.180 e. The van der Waals surface area contributed by atoms with Crippen molar-refractivity contribution in [3.8, 4) is 11.5 Å². The maximum atomic E-state index is 14.2. The van der Waals surface area contributed by atoms with E-state index in [-0.39, 0.29) is 27.4 Å². The minimum absolute atomic E-state index is 0.0224. The summed E-state index contributed by atoms with van der Waals surface area (Å²) in [7, 11) is 0. The second-order valence-electron chi connectivity index (χ2n) is 3.93. The molecule has 3 N–H and O–H groups in total. The quantitative estimate of drug-likeness (QED) is 0.334. The molecule has 0 atom stereocenters. The summed E-state index contributed by atoms with van der Waals surface area (Å²) in [5.41, 5.74) is 5.58. The molecule has 0 aliphatic heterocycles. The van der Waals surface area contributed by atoms with Crippen LogP contribution in [0.1, 0.15) is 5.56 Å². The fourth-order valence-electron chi connectivity index (χ4n) is 1.58. The predicted octanol–water partition coefficient (Wildman–Crippen LogP) is 4.38. The van der Waals surface area contributed by atoms with E-state index in [2.05, 4.69) is 37.0 Å². The van der Waals surface area contributed by atoms with Crippen molar-refractivity contribution in [1.82, 2.24) is 0 Å². The number of oxime groups is 1. The second-order valence-corrected chi connectivity index (χ2v) is 5.64. The molecule has 2 aromatic rings. The molecule has 0 fully saturated rings. The monoisotopic (exact) mass is 420 g/mol. The molecule has 0 unspecified atom stereocenters. The highest BCUT2D eigenvalue weighted by Gasteiger charge is 2.16. The largest absolute Gasteiger partial charge is 0.454 e. The lowest BCUT2D eigenvalue weighted by Crippen LogP contribution is -2.14. The average Bonchev–Trinajstić information content (AvgIpc) is 2.42. The van der Waals surface area contributed by atoms with Crippen LogP contribution in [0.5, 0.6) is 11.5 Å². The minimum atomic E-state index is -0.750. The minimum Gasteiger partial charge on any atom is -0.454 e. The van der Waals surface area contributed by atoms with Crippen LogP contribution in [0.3, 0.4) is 0 Å². The van der Waals surface area contributed by atoms with Gasteiger partial charge in [0.1, 0.15) is 11.6 Å². The highest BCUT2D eigenvalue weighted by molar-refractivity contribution is 9.10. The molecule has 0 saturated carbocycles. The Kier molecular flexibility index (Phi) is 4.79. The summed E-state index contributed by atoms with van der Waals surface area (Å²) < 4.78 is 33.2. The van der Waals surface area contributed by atoms with E-state index >= 15 is 0 Å². The molecule has 0 amide bonds. The molecule has 0 spiro atoms. The third-order valence-corrected chi connectivity index (χ3v) is 3.73. The fraction of sp³-hybridized carbons (Fsp3) is 0. The molecule has 2 aromatic carbocycles. The van der Waals surface area contributed by atoms with Crippen molar-refractivity contribution in [2.45, 2.75) is 0 Å². The summed E-state index contributed by atoms with van der Waals surface area (Å²) >= 11 is 6.12. The molecule has 110 valence electrons. The highest BCUT2D eigenvalue weighted by Crippen LogP contribution is 2.33. The zero-order chi connectivity index (χ0) is 15.6. The van der Waals surface area contributed by atoms with Gasteiger partial charge < -0.3 is 15.7 Å². The summed E-state index contributed by atoms with van der Waals surface area (Å²) in [6.45, 7) is 0. The SMILES string of the molecule is N/C(=N/O)c1ccc(Oc2cc(F)cc(Br)c2)c(F)c1Br. The topological polar surface area (TPSA) is 67.8 Å². The van der Waals surface area contributed by atoms with Crippen LogP contribution in [0, 0.1) is 11.6 Å². The van der Waals surface area contributed by atoms with Crippen LogP contribution in [0.2, 0.25) is 0 Å². The molecule has 0 radical (unpaired) electrons. The lowest BCUT2D eigenvalue weighted by molar-refractivity contribution is 0.318. The lowest BCUT2D eigenvalue weighted by Gasteiger charge is -2.10. The Morgan fingerprint density at radius 3 is 2.52 bits per heavy atom. The van der Waals surface area contributed by atoms with E-state index < -0.39 is 11.6 Å². The molecule has 2 rings (SSSR count). The van der Waals surface area contributed by atoms with E-state index in [9.17, 15) is 8.78 Å². The molecule has 0 aromatic heterocycles. The van der Waals surface area contributed by atoms with Crippen molar-refractivity contribution in [2.75, 3.05) is 0 Å². The van der Waals surface area contributed by atoms with Gasteiger partial charge in [0.2, 0.25) is 0 Å². The maximum Gasteiger partial charge on any atom is 0.180 e. The molecular weight excluding hydrogens is 414 g/mol. The first-order valence-corrected chi connectivity index (χ1v) is 7.11. The van der Waals surface area contributed by atoms with E-state index in [1.807, 2.05) is 0 Å². The van der Waals surface area contributed by atoms with Gasteiger partial charge in [0.05, 0.1) is 4.47 Å². The van der Waals surface area contributed by atoms with Crippen LogP contribution in [-0.4, -0.2) is 11.0 Å². The van der Waals surface area contributed by atoms with Gasteiger partial charge in [-0.3, -0.25) is 0 Å². The molecule has 21 heavy (non-hydrogen) atoms. The van der Waals surface area contributed by atoms with Crippen LogP contribution in [0.15, 0.2) is 44.4 Å². The Balaban J connectivity index is 2.40. The van der Waals surface area contributed by atoms with Gasteiger partial charge in [0, 0.05) is 16.1 Å². The third-order valence-electron chi connectivity index (χ3n) is 2.49. The van der Waals surface area contributed by atoms with Crippen LogP contribution in [-0.2, 0) is 0 Å². The number of nitrogens with zero attached hydrogens (tertiary/aromatic N) is 1. The number of benzene rings is 2. The van der Waals surface area contributed by atoms with E-state index in [4.69, 9.17) is 15.7 Å². The number of amidine groups is 1. The maximum absolute atomic E-state index is 14.2. The summed E-state index contributed by atoms with van der Waals surface area (Å²) in [6.07, 6.45) is 0. The third kappa shape index (κ3) is 3.51. The Morgan fingerprint density at radius 2 is 1.90 bits per heavy atom. The van der Waals surface area contributed by atoms with Crippen molar-refractivity contribution in [2.24, 2.45) is 10.9 Å². The number of halogens is 4. The molecule has 0 aliphatic rings. The van der Waals surface area contributed by atoms with Crippen molar-refractivity contribution < 1.29 is 18.7 Å². The number of ether oxygens (including phenoxy) is 1. The van der Waals surface area contributed by atoms with Crippen LogP contribution < -0.4 is 10.5 Å². The zero-order valence-corrected chi connectivity index (χ0v) is 13.5. The first kappa shape index (κ1) is 15.7. The van der Waals surface area contributed by atoms with Gasteiger partial charge in [-0.05, 0) is 40.2 Å². The van der Waals surface area contributed by atoms with Crippen LogP contribution in [0.4, 0.5) is 8.78 Å². The van der Waals surface area contributed by atoms with Gasteiger partial charge in [-0.25, -0.2) is 8.78 Å². The average molecular weight is 422 g/mol. The van der Waals surface area contributed by atoms with Crippen LogP contribution in [0.25, 0.3) is 0 Å². The summed E-state index contributed by atoms with van der Waals surface area (Å²) in [4.78, 5) is 0. The van der Waals surface area contributed by atoms with Crippen molar-refractivity contribution in [1.29, 1.82) is 0 Å². The van der Waals surface area contributed by atoms with Crippen molar-refractivity contribution in [3.05, 3.63) is 56.5 Å². The van der Waals surface area contributed by atoms with Gasteiger partial charge >= 0.3 is 0 Å². The Labute approximate surface area is 135 Å². The van der Waals surface area contributed by atoms with Crippen molar-refractivity contribution in [3.63, 3.8) is 0 Å². The molecule has 0 heterocycles. The highest BCUT2D eigenvalue weighted by atomic mass is 79.9. The van der Waals surface area contributed by atoms with Crippen molar-refractivity contribution >= 4 is 37.7 Å². The zero-order valence-electron chi connectivity index (χ0n) is 10.3. The number of hydrogen-bond donors (Lipinski definition) is 2. The molecule has 4 nitrogen and oxygen atoms in total. The van der Waals surface area contributed by atoms with E-state index in [1.165, 1.54) is 24.3 Å². The normalized spacial score (nSPS) is 11.5. The number of nitrogens with two attached hydrogens (primary N) is 1. The van der Waals surface area contributed by atoms with Gasteiger partial charge in [0.25, 0.3) is 0 Å². The first-order valence-electron chi connectivity index (χ1n) is 5.52. The van der Waals surface area contributed by atoms with Gasteiger partial charge in [0.15, 0.2) is 17.4 Å². The summed E-state index contributed by atoms with van der Waals surface area (Å²) in [6, 6.07) is 6.57. The lowest BCUT2D eigenvalue weighted by atomic mass is 10.2. The Bertz CT molecular complexity index is 703. The first-order chi connectivity index (χ1) is 9.92. The van der Waals surface area contributed by atoms with Gasteiger partial charge in [-0.2, -0.15) is 0 Å². The number of rotatable bonds is 3. The Hall–Kier alpha value is -1.67. The standard InChI is InChI=1S/C13H8Br2F2N2O2/c14-6-3-7(16)5-8(4-6)21-10-2-1-9(13(18)19-20)11(15)12(10)17/h1-5,20H,(H2,18,19). The summed E-state index contributed by atoms with van der Waals surface area (Å²) in [5, 5.41) is 11.4. The van der Waals surface area contributed by atoms with E-state index in [0.29, 0.717) is 4.47 Å². The molecule has 0 aliphatic carbocycles. The predicted molar refractivity (Wildman–Crippen MR) is 80.8 cm³/mol. The molecule has 0 bridgehead atoms. The van der Waals surface area contributed by atoms with Gasteiger partial charge in [-0.15, -0.1) is 0 Å². The molecule has 8 heteroatoms. The summed E-state index contributed by atoms with van der Waals surface area (Å²) in [5.74, 6) is -1.52. The fourth-order valence-corrected chi connectivity index (χ4v) is 2.55. The Morgan fingerprint density at radius 1 is 1.19 bits per heavy atom. The van der Waals surface area contributed by atoms with Crippen LogP contribution >= 0.6 is 31.9 Å². The molecule has 0 saturated heterocycles. The van der Waals surface area contributed by atoms with Gasteiger partial charge in [-0.1, -0.05) is 21.1 Å². The van der Waals surface area contributed by atoms with E-state index in [1.54, 1.807) is 0 Å².